The molecule has 25 heavy (non-hydrogen) atoms. The number of amides is 1. The number of hydrogen-bond donors (Lipinski definition) is 1. The summed E-state index contributed by atoms with van der Waals surface area (Å²) in [5, 5.41) is 6.03. The predicted molar refractivity (Wildman–Crippen MR) is 87.8 cm³/mol. The molecule has 1 amide bonds. The third kappa shape index (κ3) is 4.14. The number of carbonyl (C=O) groups excluding carboxylic acids is 1. The van der Waals surface area contributed by atoms with Crippen molar-refractivity contribution in [3.63, 3.8) is 0 Å². The van der Waals surface area contributed by atoms with Crippen LogP contribution in [-0.2, 0) is 6.61 Å². The molecule has 3 rings (SSSR count). The zero-order valence-electron chi connectivity index (χ0n) is 13.4. The van der Waals surface area contributed by atoms with E-state index in [0.717, 1.165) is 5.56 Å². The molecule has 128 valence electrons. The Bertz CT molecular complexity index is 865. The van der Waals surface area contributed by atoms with Crippen LogP contribution in [0.2, 0.25) is 0 Å². The zero-order chi connectivity index (χ0) is 17.6. The molecule has 0 atom stereocenters. The molecule has 2 aromatic carbocycles. The fraction of sp³-hybridized carbons (Fsp3) is 0.111. The second kappa shape index (κ2) is 7.48. The minimum atomic E-state index is -0.682. The Labute approximate surface area is 143 Å². The first-order chi connectivity index (χ1) is 12.2. The van der Waals surface area contributed by atoms with Gasteiger partial charge in [0.1, 0.15) is 12.3 Å². The Morgan fingerprint density at radius 2 is 2.00 bits per heavy atom. The zero-order valence-corrected chi connectivity index (χ0v) is 13.4. The van der Waals surface area contributed by atoms with Crippen LogP contribution >= 0.6 is 0 Å². The largest absolute Gasteiger partial charge is 0.486 e. The van der Waals surface area contributed by atoms with Crippen LogP contribution in [0.5, 0.6) is 11.7 Å². The molecule has 3 aromatic rings. The fourth-order valence-electron chi connectivity index (χ4n) is 2.10. The average Bonchev–Trinajstić information content (AvgIpc) is 3.10. The third-order valence-electron chi connectivity index (χ3n) is 3.35. The SMILES string of the molecule is CNC(=O)Oc1cc(-c2ccc(OCc3ccccc3)c(F)c2)no1. The van der Waals surface area contributed by atoms with Crippen LogP contribution < -0.4 is 14.8 Å². The summed E-state index contributed by atoms with van der Waals surface area (Å²) >= 11 is 0. The first-order valence-electron chi connectivity index (χ1n) is 7.48. The molecule has 1 aromatic heterocycles. The molecule has 0 unspecified atom stereocenters. The highest BCUT2D eigenvalue weighted by molar-refractivity contribution is 5.70. The highest BCUT2D eigenvalue weighted by Crippen LogP contribution is 2.28. The number of halogens is 1. The molecule has 7 heteroatoms. The lowest BCUT2D eigenvalue weighted by atomic mass is 10.1. The number of aromatic nitrogens is 1. The summed E-state index contributed by atoms with van der Waals surface area (Å²) in [7, 11) is 1.42. The number of benzene rings is 2. The van der Waals surface area contributed by atoms with E-state index in [9.17, 15) is 9.18 Å². The van der Waals surface area contributed by atoms with Crippen molar-refractivity contribution in [3.05, 3.63) is 66.0 Å². The molecular weight excluding hydrogens is 327 g/mol. The van der Waals surface area contributed by atoms with Crippen LogP contribution in [0, 0.1) is 5.82 Å². The van der Waals surface area contributed by atoms with E-state index in [0.29, 0.717) is 11.3 Å². The van der Waals surface area contributed by atoms with Gasteiger partial charge in [0.05, 0.1) is 6.07 Å². The van der Waals surface area contributed by atoms with Crippen molar-refractivity contribution in [1.82, 2.24) is 10.5 Å². The van der Waals surface area contributed by atoms with E-state index in [1.54, 1.807) is 6.07 Å². The van der Waals surface area contributed by atoms with Crippen LogP contribution in [0.15, 0.2) is 59.1 Å². The van der Waals surface area contributed by atoms with Crippen molar-refractivity contribution in [1.29, 1.82) is 0 Å². The van der Waals surface area contributed by atoms with E-state index in [2.05, 4.69) is 10.5 Å². The molecule has 0 aliphatic heterocycles. The smallest absolute Gasteiger partial charge is 0.414 e. The molecule has 6 nitrogen and oxygen atoms in total. The molecule has 0 aliphatic carbocycles. The van der Waals surface area contributed by atoms with Crippen molar-refractivity contribution in [2.24, 2.45) is 0 Å². The third-order valence-corrected chi connectivity index (χ3v) is 3.35. The molecule has 0 saturated heterocycles. The second-order valence-corrected chi connectivity index (χ2v) is 5.09. The van der Waals surface area contributed by atoms with Gasteiger partial charge >= 0.3 is 12.0 Å². The Hall–Kier alpha value is -3.35. The van der Waals surface area contributed by atoms with Crippen LogP contribution in [0.1, 0.15) is 5.56 Å². The van der Waals surface area contributed by atoms with E-state index >= 15 is 0 Å². The van der Waals surface area contributed by atoms with Crippen molar-refractivity contribution >= 4 is 6.09 Å². The fourth-order valence-corrected chi connectivity index (χ4v) is 2.10. The summed E-state index contributed by atoms with van der Waals surface area (Å²) in [6, 6.07) is 15.3. The summed E-state index contributed by atoms with van der Waals surface area (Å²) in [6.45, 7) is 0.269. The van der Waals surface area contributed by atoms with Gasteiger partial charge in [-0.1, -0.05) is 35.5 Å². The number of nitrogens with zero attached hydrogens (tertiary/aromatic N) is 1. The van der Waals surface area contributed by atoms with E-state index in [-0.39, 0.29) is 18.3 Å². The number of carbonyl (C=O) groups is 1. The molecule has 0 fully saturated rings. The summed E-state index contributed by atoms with van der Waals surface area (Å²) in [5.74, 6) is -0.470. The van der Waals surface area contributed by atoms with E-state index in [4.69, 9.17) is 14.0 Å². The van der Waals surface area contributed by atoms with E-state index < -0.39 is 11.9 Å². The second-order valence-electron chi connectivity index (χ2n) is 5.09. The van der Waals surface area contributed by atoms with Gasteiger partial charge in [-0.15, -0.1) is 0 Å². The number of ether oxygens (including phenoxy) is 2. The highest BCUT2D eigenvalue weighted by Gasteiger charge is 2.13. The monoisotopic (exact) mass is 342 g/mol. The summed E-state index contributed by atoms with van der Waals surface area (Å²) < 4.78 is 29.4. The standard InChI is InChI=1S/C18H15FN2O4/c1-20-18(22)24-17-10-15(21-25-17)13-7-8-16(14(19)9-13)23-11-12-5-3-2-4-6-12/h2-10H,11H2,1H3,(H,20,22). The topological polar surface area (TPSA) is 73.6 Å². The Balaban J connectivity index is 1.70. The predicted octanol–water partition coefficient (Wildman–Crippen LogP) is 3.78. The minimum absolute atomic E-state index is 0.0841. The molecule has 0 aliphatic rings. The number of nitrogens with one attached hydrogen (secondary N) is 1. The maximum absolute atomic E-state index is 14.2. The average molecular weight is 342 g/mol. The molecule has 1 N–H and O–H groups in total. The Kier molecular flexibility index (Phi) is 4.94. The molecule has 0 bridgehead atoms. The molecule has 0 radical (unpaired) electrons. The van der Waals surface area contributed by atoms with Crippen molar-refractivity contribution in [3.8, 4) is 23.0 Å². The van der Waals surface area contributed by atoms with E-state index in [1.807, 2.05) is 30.3 Å². The lowest BCUT2D eigenvalue weighted by molar-refractivity contribution is 0.183. The maximum Gasteiger partial charge on any atom is 0.414 e. The van der Waals surface area contributed by atoms with Crippen LogP contribution in [-0.4, -0.2) is 18.3 Å². The maximum atomic E-state index is 14.2. The van der Waals surface area contributed by atoms with Gasteiger partial charge in [-0.2, -0.15) is 0 Å². The van der Waals surface area contributed by atoms with Gasteiger partial charge in [0, 0.05) is 12.6 Å². The molecule has 1 heterocycles. The van der Waals surface area contributed by atoms with Gasteiger partial charge in [0.15, 0.2) is 11.6 Å². The van der Waals surface area contributed by atoms with Gasteiger partial charge in [-0.25, -0.2) is 9.18 Å². The van der Waals surface area contributed by atoms with Gasteiger partial charge in [0.25, 0.3) is 0 Å². The quantitative estimate of drug-likeness (QED) is 0.764. The minimum Gasteiger partial charge on any atom is -0.486 e. The number of rotatable bonds is 5. The van der Waals surface area contributed by atoms with E-state index in [1.165, 1.54) is 25.2 Å². The van der Waals surface area contributed by atoms with Gasteiger partial charge in [-0.05, 0) is 23.8 Å². The number of hydrogen-bond acceptors (Lipinski definition) is 5. The van der Waals surface area contributed by atoms with Crippen molar-refractivity contribution in [2.75, 3.05) is 7.05 Å². The highest BCUT2D eigenvalue weighted by atomic mass is 19.1. The summed E-state index contributed by atoms with van der Waals surface area (Å²) in [4.78, 5) is 11.1. The molecular formula is C18H15FN2O4. The van der Waals surface area contributed by atoms with Gasteiger partial charge < -0.3 is 19.3 Å². The lowest BCUT2D eigenvalue weighted by Gasteiger charge is -2.08. The summed E-state index contributed by atoms with van der Waals surface area (Å²) in [6.07, 6.45) is -0.682. The summed E-state index contributed by atoms with van der Waals surface area (Å²) in [5.41, 5.74) is 1.76. The van der Waals surface area contributed by atoms with Crippen LogP contribution in [0.4, 0.5) is 9.18 Å². The van der Waals surface area contributed by atoms with Gasteiger partial charge in [0.2, 0.25) is 0 Å². The van der Waals surface area contributed by atoms with Crippen LogP contribution in [0.3, 0.4) is 0 Å². The molecule has 0 spiro atoms. The Morgan fingerprint density at radius 1 is 1.20 bits per heavy atom. The first-order valence-corrected chi connectivity index (χ1v) is 7.48. The van der Waals surface area contributed by atoms with Gasteiger partial charge in [-0.3, -0.25) is 0 Å². The molecule has 0 saturated carbocycles. The van der Waals surface area contributed by atoms with Crippen molar-refractivity contribution < 1.29 is 23.2 Å². The normalized spacial score (nSPS) is 10.3. The van der Waals surface area contributed by atoms with Crippen LogP contribution in [0.25, 0.3) is 11.3 Å². The Morgan fingerprint density at radius 3 is 2.72 bits per heavy atom. The van der Waals surface area contributed by atoms with Crippen molar-refractivity contribution in [2.45, 2.75) is 6.61 Å². The first kappa shape index (κ1) is 16.5. The lowest BCUT2D eigenvalue weighted by Crippen LogP contribution is -2.21.